The van der Waals surface area contributed by atoms with Gasteiger partial charge in [-0.2, -0.15) is 0 Å². The summed E-state index contributed by atoms with van der Waals surface area (Å²) >= 11 is 6.15. The van der Waals surface area contributed by atoms with E-state index in [9.17, 15) is 0 Å². The Kier molecular flexibility index (Phi) is 7.27. The molecule has 0 aliphatic rings. The number of pyridine rings is 1. The molecule has 0 fully saturated rings. The summed E-state index contributed by atoms with van der Waals surface area (Å²) in [5.74, 6) is 1.08. The lowest BCUT2D eigenvalue weighted by Gasteiger charge is -2.11. The molecular formula is C22H23ClN4O. The molecule has 3 rings (SSSR count). The van der Waals surface area contributed by atoms with Crippen LogP contribution < -0.4 is 15.8 Å². The molecule has 28 heavy (non-hydrogen) atoms. The molecule has 6 heteroatoms. The Hall–Kier alpha value is -3.05. The number of aliphatic imine (C=N–C) groups is 1. The number of nitrogens with one attached hydrogen (secondary N) is 1. The van der Waals surface area contributed by atoms with Crippen molar-refractivity contribution >= 4 is 17.6 Å². The minimum absolute atomic E-state index is 0.415. The molecule has 0 saturated heterocycles. The van der Waals surface area contributed by atoms with E-state index in [2.05, 4.69) is 15.3 Å². The van der Waals surface area contributed by atoms with Crippen LogP contribution in [0.3, 0.4) is 0 Å². The van der Waals surface area contributed by atoms with E-state index in [1.807, 2.05) is 66.7 Å². The van der Waals surface area contributed by atoms with E-state index < -0.39 is 0 Å². The number of hydrogen-bond donors (Lipinski definition) is 2. The Morgan fingerprint density at radius 3 is 2.54 bits per heavy atom. The van der Waals surface area contributed by atoms with Crippen molar-refractivity contribution in [2.75, 3.05) is 6.54 Å². The van der Waals surface area contributed by atoms with E-state index in [-0.39, 0.29) is 0 Å². The second kappa shape index (κ2) is 10.3. The van der Waals surface area contributed by atoms with Crippen molar-refractivity contribution < 1.29 is 4.74 Å². The number of hydrogen-bond acceptors (Lipinski definition) is 3. The van der Waals surface area contributed by atoms with Crippen LogP contribution in [-0.2, 0) is 19.6 Å². The molecule has 0 bridgehead atoms. The molecule has 0 aliphatic heterocycles. The SMILES string of the molecule is NC(=NCc1ccccc1COc1ccccc1Cl)NCCc1ccccn1. The van der Waals surface area contributed by atoms with Crippen molar-refractivity contribution in [1.82, 2.24) is 10.3 Å². The van der Waals surface area contributed by atoms with Crippen LogP contribution in [0.15, 0.2) is 77.9 Å². The van der Waals surface area contributed by atoms with E-state index in [0.717, 1.165) is 23.2 Å². The zero-order valence-corrected chi connectivity index (χ0v) is 16.3. The number of ether oxygens (including phenoxy) is 1. The average molecular weight is 395 g/mol. The molecule has 0 amide bonds. The van der Waals surface area contributed by atoms with Gasteiger partial charge in [-0.1, -0.05) is 54.1 Å². The Bertz CT molecular complexity index is 915. The van der Waals surface area contributed by atoms with Crippen molar-refractivity contribution in [3.63, 3.8) is 0 Å². The average Bonchev–Trinajstić information content (AvgIpc) is 2.73. The zero-order valence-electron chi connectivity index (χ0n) is 15.5. The number of nitrogens with two attached hydrogens (primary N) is 1. The predicted octanol–water partition coefficient (Wildman–Crippen LogP) is 3.96. The minimum atomic E-state index is 0.415. The Labute approximate surface area is 170 Å². The van der Waals surface area contributed by atoms with Crippen LogP contribution in [-0.4, -0.2) is 17.5 Å². The lowest BCUT2D eigenvalue weighted by molar-refractivity contribution is 0.305. The molecule has 0 radical (unpaired) electrons. The van der Waals surface area contributed by atoms with Gasteiger partial charge in [0, 0.05) is 24.9 Å². The Morgan fingerprint density at radius 1 is 1.00 bits per heavy atom. The third-order valence-electron chi connectivity index (χ3n) is 4.17. The van der Waals surface area contributed by atoms with Crippen molar-refractivity contribution in [1.29, 1.82) is 0 Å². The predicted molar refractivity (Wildman–Crippen MR) is 113 cm³/mol. The van der Waals surface area contributed by atoms with Gasteiger partial charge in [0.15, 0.2) is 5.96 Å². The maximum atomic E-state index is 6.15. The van der Waals surface area contributed by atoms with E-state index in [1.54, 1.807) is 6.20 Å². The largest absolute Gasteiger partial charge is 0.487 e. The molecule has 1 aromatic heterocycles. The minimum Gasteiger partial charge on any atom is -0.487 e. The van der Waals surface area contributed by atoms with Crippen molar-refractivity contribution in [2.45, 2.75) is 19.6 Å². The Balaban J connectivity index is 1.53. The molecule has 2 aromatic carbocycles. The van der Waals surface area contributed by atoms with E-state index in [4.69, 9.17) is 22.1 Å². The number of nitrogens with zero attached hydrogens (tertiary/aromatic N) is 2. The highest BCUT2D eigenvalue weighted by molar-refractivity contribution is 6.32. The number of guanidine groups is 1. The van der Waals surface area contributed by atoms with Crippen molar-refractivity contribution in [3.05, 3.63) is 94.8 Å². The van der Waals surface area contributed by atoms with Crippen molar-refractivity contribution in [3.8, 4) is 5.75 Å². The summed E-state index contributed by atoms with van der Waals surface area (Å²) in [5.41, 5.74) is 9.12. The number of rotatable bonds is 8. The number of para-hydroxylation sites is 1. The highest BCUT2D eigenvalue weighted by atomic mass is 35.5. The lowest BCUT2D eigenvalue weighted by Crippen LogP contribution is -2.33. The molecule has 144 valence electrons. The smallest absolute Gasteiger partial charge is 0.188 e. The first-order valence-electron chi connectivity index (χ1n) is 9.10. The maximum Gasteiger partial charge on any atom is 0.188 e. The fraction of sp³-hybridized carbons (Fsp3) is 0.182. The third kappa shape index (κ3) is 5.99. The van der Waals surface area contributed by atoms with Gasteiger partial charge in [0.2, 0.25) is 0 Å². The van der Waals surface area contributed by atoms with Gasteiger partial charge in [-0.25, -0.2) is 4.99 Å². The lowest BCUT2D eigenvalue weighted by atomic mass is 10.1. The first-order valence-corrected chi connectivity index (χ1v) is 9.48. The van der Waals surface area contributed by atoms with Gasteiger partial charge in [-0.3, -0.25) is 4.98 Å². The normalized spacial score (nSPS) is 11.2. The molecule has 5 nitrogen and oxygen atoms in total. The van der Waals surface area contributed by atoms with Gasteiger partial charge in [0.25, 0.3) is 0 Å². The highest BCUT2D eigenvalue weighted by Crippen LogP contribution is 2.24. The number of benzene rings is 2. The highest BCUT2D eigenvalue weighted by Gasteiger charge is 2.05. The van der Waals surface area contributed by atoms with Gasteiger partial charge in [-0.05, 0) is 35.4 Å². The topological polar surface area (TPSA) is 72.5 Å². The van der Waals surface area contributed by atoms with E-state index >= 15 is 0 Å². The zero-order chi connectivity index (χ0) is 19.6. The maximum absolute atomic E-state index is 6.15. The molecule has 0 unspecified atom stereocenters. The van der Waals surface area contributed by atoms with Crippen LogP contribution in [0.4, 0.5) is 0 Å². The van der Waals surface area contributed by atoms with Gasteiger partial charge in [0.05, 0.1) is 11.6 Å². The summed E-state index contributed by atoms with van der Waals surface area (Å²) in [6.45, 7) is 1.58. The molecule has 3 aromatic rings. The van der Waals surface area contributed by atoms with Gasteiger partial charge in [0.1, 0.15) is 12.4 Å². The third-order valence-corrected chi connectivity index (χ3v) is 4.48. The van der Waals surface area contributed by atoms with Crippen LogP contribution >= 0.6 is 11.6 Å². The fourth-order valence-corrected chi connectivity index (χ4v) is 2.85. The molecule has 3 N–H and O–H groups in total. The van der Waals surface area contributed by atoms with Crippen LogP contribution in [0.2, 0.25) is 5.02 Å². The summed E-state index contributed by atoms with van der Waals surface area (Å²) in [5, 5.41) is 3.72. The van der Waals surface area contributed by atoms with Crippen LogP contribution in [0.1, 0.15) is 16.8 Å². The molecule has 0 atom stereocenters. The number of aromatic nitrogens is 1. The van der Waals surface area contributed by atoms with E-state index in [0.29, 0.717) is 36.4 Å². The molecule has 0 spiro atoms. The second-order valence-corrected chi connectivity index (χ2v) is 6.59. The summed E-state index contributed by atoms with van der Waals surface area (Å²) < 4.78 is 5.85. The quantitative estimate of drug-likeness (QED) is 0.448. The summed E-state index contributed by atoms with van der Waals surface area (Å²) in [7, 11) is 0. The standard InChI is InChI=1S/C22H23ClN4O/c23-20-10-3-4-11-21(20)28-16-18-8-2-1-7-17(18)15-27-22(24)26-14-12-19-9-5-6-13-25-19/h1-11,13H,12,14-16H2,(H3,24,26,27). The summed E-state index contributed by atoms with van der Waals surface area (Å²) in [6, 6.07) is 21.3. The van der Waals surface area contributed by atoms with E-state index in [1.165, 1.54) is 0 Å². The Morgan fingerprint density at radius 2 is 1.75 bits per heavy atom. The first-order chi connectivity index (χ1) is 13.7. The summed E-state index contributed by atoms with van der Waals surface area (Å²) in [6.07, 6.45) is 2.58. The molecule has 0 saturated carbocycles. The van der Waals surface area contributed by atoms with Crippen molar-refractivity contribution in [2.24, 2.45) is 10.7 Å². The van der Waals surface area contributed by atoms with Crippen LogP contribution in [0, 0.1) is 0 Å². The summed E-state index contributed by atoms with van der Waals surface area (Å²) in [4.78, 5) is 8.73. The molecule has 1 heterocycles. The molecular weight excluding hydrogens is 372 g/mol. The second-order valence-electron chi connectivity index (χ2n) is 6.19. The monoisotopic (exact) mass is 394 g/mol. The molecule has 0 aliphatic carbocycles. The first kappa shape index (κ1) is 19.7. The van der Waals surface area contributed by atoms with Gasteiger partial charge < -0.3 is 15.8 Å². The van der Waals surface area contributed by atoms with Gasteiger partial charge in [-0.15, -0.1) is 0 Å². The van der Waals surface area contributed by atoms with Crippen LogP contribution in [0.5, 0.6) is 5.75 Å². The van der Waals surface area contributed by atoms with Crippen LogP contribution in [0.25, 0.3) is 0 Å². The van der Waals surface area contributed by atoms with Gasteiger partial charge >= 0.3 is 0 Å². The fourth-order valence-electron chi connectivity index (χ4n) is 2.66. The number of halogens is 1.